The number of carbonyl (C=O) groups excluding carboxylic acids is 2. The van der Waals surface area contributed by atoms with Gasteiger partial charge in [-0.2, -0.15) is 18.3 Å². The van der Waals surface area contributed by atoms with E-state index in [9.17, 15) is 32.9 Å². The quantitative estimate of drug-likeness (QED) is 0.293. The van der Waals surface area contributed by atoms with Crippen molar-refractivity contribution in [3.05, 3.63) is 80.6 Å². The lowest BCUT2D eigenvalue weighted by Crippen LogP contribution is -2.31. The molecule has 178 valence electrons. The molecule has 34 heavy (non-hydrogen) atoms. The summed E-state index contributed by atoms with van der Waals surface area (Å²) in [5.41, 5.74) is -2.28. The lowest BCUT2D eigenvalue weighted by Gasteiger charge is -2.17. The molecule has 0 saturated carbocycles. The molecule has 0 fully saturated rings. The number of nitrogens with zero attached hydrogens (tertiary/aromatic N) is 3. The molecule has 1 atom stereocenters. The lowest BCUT2D eigenvalue weighted by atomic mass is 10.1. The Morgan fingerprint density at radius 1 is 1.21 bits per heavy atom. The lowest BCUT2D eigenvalue weighted by molar-refractivity contribution is -0.385. The average molecular weight is 497 g/mol. The van der Waals surface area contributed by atoms with Gasteiger partial charge in [0.25, 0.3) is 11.6 Å². The average Bonchev–Trinajstić information content (AvgIpc) is 3.07. The zero-order chi connectivity index (χ0) is 25.2. The van der Waals surface area contributed by atoms with Gasteiger partial charge in [0, 0.05) is 12.1 Å². The number of anilines is 1. The molecule has 2 aromatic carbocycles. The van der Waals surface area contributed by atoms with Crippen molar-refractivity contribution in [2.24, 2.45) is 0 Å². The fraction of sp³-hybridized carbons (Fsp3) is 0.190. The van der Waals surface area contributed by atoms with Gasteiger partial charge in [-0.1, -0.05) is 29.8 Å². The number of non-ortho nitro benzene ring substituents is 1. The first-order valence-corrected chi connectivity index (χ1v) is 9.96. The van der Waals surface area contributed by atoms with Crippen molar-refractivity contribution in [1.82, 2.24) is 9.78 Å². The molecule has 0 aliphatic heterocycles. The molecule has 1 heterocycles. The Labute approximate surface area is 195 Å². The molecule has 13 heteroatoms. The highest BCUT2D eigenvalue weighted by atomic mass is 35.5. The minimum absolute atomic E-state index is 0.0731. The maximum atomic E-state index is 13.3. The highest BCUT2D eigenvalue weighted by Gasteiger charge is 2.36. The third-order valence-corrected chi connectivity index (χ3v) is 4.99. The summed E-state index contributed by atoms with van der Waals surface area (Å²) in [6.45, 7) is 2.65. The summed E-state index contributed by atoms with van der Waals surface area (Å²) >= 11 is 6.28. The van der Waals surface area contributed by atoms with Crippen LogP contribution in [-0.4, -0.2) is 32.7 Å². The Hall–Kier alpha value is -3.93. The van der Waals surface area contributed by atoms with Gasteiger partial charge in [0.15, 0.2) is 6.10 Å². The molecule has 0 saturated heterocycles. The van der Waals surface area contributed by atoms with Gasteiger partial charge in [0.1, 0.15) is 10.7 Å². The molecular formula is C21H16ClF3N4O5. The van der Waals surface area contributed by atoms with E-state index < -0.39 is 46.0 Å². The fourth-order valence-corrected chi connectivity index (χ4v) is 3.32. The van der Waals surface area contributed by atoms with Crippen molar-refractivity contribution in [3.8, 4) is 5.69 Å². The van der Waals surface area contributed by atoms with Crippen molar-refractivity contribution in [1.29, 1.82) is 0 Å². The number of hydrogen-bond donors (Lipinski definition) is 1. The standard InChI is InChI=1S/C21H16ClF3N4O5/c1-11-17(18(22)28(27-11)13-6-4-3-5-7-13)20(31)34-12(2)19(30)26-16-9-8-14(29(32)33)10-15(16)21(23,24)25/h3-10,12H,1-2H3,(H,26,30)/t12-/m0/s1. The van der Waals surface area contributed by atoms with Crippen molar-refractivity contribution in [3.63, 3.8) is 0 Å². The molecule has 0 radical (unpaired) electrons. The number of esters is 1. The van der Waals surface area contributed by atoms with E-state index in [4.69, 9.17) is 16.3 Å². The Morgan fingerprint density at radius 2 is 1.85 bits per heavy atom. The first-order chi connectivity index (χ1) is 15.9. The van der Waals surface area contributed by atoms with Crippen LogP contribution >= 0.6 is 11.6 Å². The van der Waals surface area contributed by atoms with E-state index in [1.807, 2.05) is 5.32 Å². The van der Waals surface area contributed by atoms with Crippen LogP contribution in [0.1, 0.15) is 28.5 Å². The molecule has 0 bridgehead atoms. The summed E-state index contributed by atoms with van der Waals surface area (Å²) in [7, 11) is 0. The third-order valence-electron chi connectivity index (χ3n) is 4.64. The van der Waals surface area contributed by atoms with Crippen LogP contribution in [0.25, 0.3) is 5.69 Å². The van der Waals surface area contributed by atoms with E-state index in [-0.39, 0.29) is 16.4 Å². The predicted octanol–water partition coefficient (Wildman–Crippen LogP) is 4.95. The number of nitrogens with one attached hydrogen (secondary N) is 1. The van der Waals surface area contributed by atoms with Crippen molar-refractivity contribution >= 4 is 34.9 Å². The summed E-state index contributed by atoms with van der Waals surface area (Å²) in [4.78, 5) is 34.9. The summed E-state index contributed by atoms with van der Waals surface area (Å²) in [6, 6.07) is 10.5. The van der Waals surface area contributed by atoms with Gasteiger partial charge in [-0.05, 0) is 32.0 Å². The number of rotatable bonds is 6. The van der Waals surface area contributed by atoms with Crippen LogP contribution in [0.5, 0.6) is 0 Å². The van der Waals surface area contributed by atoms with Crippen molar-refractivity contribution in [2.75, 3.05) is 5.32 Å². The number of hydrogen-bond acceptors (Lipinski definition) is 6. The van der Waals surface area contributed by atoms with Crippen LogP contribution < -0.4 is 5.32 Å². The topological polar surface area (TPSA) is 116 Å². The summed E-state index contributed by atoms with van der Waals surface area (Å²) in [5.74, 6) is -2.09. The Kier molecular flexibility index (Phi) is 6.91. The van der Waals surface area contributed by atoms with Gasteiger partial charge >= 0.3 is 12.1 Å². The molecule has 0 unspecified atom stereocenters. The SMILES string of the molecule is Cc1nn(-c2ccccc2)c(Cl)c1C(=O)O[C@@H](C)C(=O)Nc1ccc([N+](=O)[O-])cc1C(F)(F)F. The van der Waals surface area contributed by atoms with E-state index >= 15 is 0 Å². The number of alkyl halides is 3. The van der Waals surface area contributed by atoms with Crippen molar-refractivity contribution in [2.45, 2.75) is 26.1 Å². The Bertz CT molecular complexity index is 1260. The molecule has 1 aromatic heterocycles. The second-order valence-electron chi connectivity index (χ2n) is 7.02. The van der Waals surface area contributed by atoms with Crippen LogP contribution in [0.15, 0.2) is 48.5 Å². The van der Waals surface area contributed by atoms with Crippen LogP contribution in [-0.2, 0) is 15.7 Å². The van der Waals surface area contributed by atoms with Gasteiger partial charge in [-0.3, -0.25) is 14.9 Å². The fourth-order valence-electron chi connectivity index (χ4n) is 2.97. The molecule has 3 aromatic rings. The largest absolute Gasteiger partial charge is 0.449 e. The van der Waals surface area contributed by atoms with Crippen LogP contribution in [0.2, 0.25) is 5.15 Å². The number of nitro benzene ring substituents is 1. The van der Waals surface area contributed by atoms with Crippen LogP contribution in [0.3, 0.4) is 0 Å². The van der Waals surface area contributed by atoms with Gasteiger partial charge in [0.05, 0.1) is 27.6 Å². The van der Waals surface area contributed by atoms with E-state index in [0.717, 1.165) is 19.1 Å². The van der Waals surface area contributed by atoms with E-state index in [1.165, 1.54) is 11.6 Å². The van der Waals surface area contributed by atoms with E-state index in [0.29, 0.717) is 11.8 Å². The predicted molar refractivity (Wildman–Crippen MR) is 115 cm³/mol. The Morgan fingerprint density at radius 3 is 2.44 bits per heavy atom. The van der Waals surface area contributed by atoms with Crippen LogP contribution in [0.4, 0.5) is 24.5 Å². The molecule has 0 spiro atoms. The van der Waals surface area contributed by atoms with Gasteiger partial charge in [0.2, 0.25) is 0 Å². The van der Waals surface area contributed by atoms with Crippen molar-refractivity contribution < 1.29 is 32.4 Å². The molecule has 1 amide bonds. The number of nitro groups is 1. The number of para-hydroxylation sites is 1. The number of carbonyl (C=O) groups is 2. The number of aromatic nitrogens is 2. The van der Waals surface area contributed by atoms with Gasteiger partial charge in [-0.25, -0.2) is 9.48 Å². The maximum absolute atomic E-state index is 13.3. The molecular weight excluding hydrogens is 481 g/mol. The smallest absolute Gasteiger partial charge is 0.418 e. The molecule has 0 aliphatic rings. The summed E-state index contributed by atoms with van der Waals surface area (Å²) in [6.07, 6.45) is -6.51. The second kappa shape index (κ2) is 9.51. The van der Waals surface area contributed by atoms with Gasteiger partial charge < -0.3 is 10.1 Å². The maximum Gasteiger partial charge on any atom is 0.418 e. The molecule has 3 rings (SSSR count). The summed E-state index contributed by atoms with van der Waals surface area (Å²) in [5, 5.41) is 16.9. The minimum Gasteiger partial charge on any atom is -0.449 e. The zero-order valence-electron chi connectivity index (χ0n) is 17.6. The first-order valence-electron chi connectivity index (χ1n) is 9.58. The molecule has 9 nitrogen and oxygen atoms in total. The third kappa shape index (κ3) is 5.17. The van der Waals surface area contributed by atoms with E-state index in [2.05, 4.69) is 5.10 Å². The van der Waals surface area contributed by atoms with E-state index in [1.54, 1.807) is 30.3 Å². The highest BCUT2D eigenvalue weighted by Crippen LogP contribution is 2.37. The second-order valence-corrected chi connectivity index (χ2v) is 7.38. The number of ether oxygens (including phenoxy) is 1. The highest BCUT2D eigenvalue weighted by molar-refractivity contribution is 6.33. The zero-order valence-corrected chi connectivity index (χ0v) is 18.3. The number of halogens is 4. The molecule has 0 aliphatic carbocycles. The number of amides is 1. The molecule has 1 N–H and O–H groups in total. The monoisotopic (exact) mass is 496 g/mol. The summed E-state index contributed by atoms with van der Waals surface area (Å²) < 4.78 is 46.4. The first kappa shape index (κ1) is 24.7. The normalized spacial score (nSPS) is 12.2. The number of benzene rings is 2. The minimum atomic E-state index is -4.98. The number of aryl methyl sites for hydroxylation is 1. The van der Waals surface area contributed by atoms with Crippen LogP contribution in [0, 0.1) is 17.0 Å². The Balaban J connectivity index is 1.79. The van der Waals surface area contributed by atoms with Gasteiger partial charge in [-0.15, -0.1) is 0 Å².